The number of anilines is 2. The summed E-state index contributed by atoms with van der Waals surface area (Å²) in [5.41, 5.74) is 0.814. The van der Waals surface area contributed by atoms with Crippen molar-refractivity contribution in [2.45, 2.75) is 19.4 Å². The van der Waals surface area contributed by atoms with Gasteiger partial charge in [-0.3, -0.25) is 4.90 Å². The number of carbonyl (C=O) groups excluding carboxylic acids is 1. The van der Waals surface area contributed by atoms with E-state index in [2.05, 4.69) is 0 Å². The number of carbonyl (C=O) groups is 1. The highest BCUT2D eigenvalue weighted by molar-refractivity contribution is 7.91. The van der Waals surface area contributed by atoms with Crippen LogP contribution < -0.4 is 9.80 Å². The number of sulfone groups is 1. The molecule has 1 aromatic rings. The number of benzene rings is 1. The minimum absolute atomic E-state index is 0.0319. The summed E-state index contributed by atoms with van der Waals surface area (Å²) in [5, 5.41) is 0. The zero-order valence-electron chi connectivity index (χ0n) is 12.9. The zero-order valence-corrected chi connectivity index (χ0v) is 13.7. The number of hydrogen-bond acceptors (Lipinski definition) is 5. The Hall–Kier alpha value is -1.83. The van der Waals surface area contributed by atoms with Gasteiger partial charge in [-0.15, -0.1) is 0 Å². The first-order chi connectivity index (χ1) is 10.9. The largest absolute Gasteiger partial charge is 0.444 e. The van der Waals surface area contributed by atoms with Crippen molar-refractivity contribution < 1.29 is 22.3 Å². The van der Waals surface area contributed by atoms with Crippen molar-refractivity contribution in [1.82, 2.24) is 0 Å². The van der Waals surface area contributed by atoms with Crippen molar-refractivity contribution in [3.63, 3.8) is 0 Å². The Balaban J connectivity index is 1.81. The second kappa shape index (κ2) is 5.99. The van der Waals surface area contributed by atoms with Crippen molar-refractivity contribution in [1.29, 1.82) is 0 Å². The van der Waals surface area contributed by atoms with Crippen LogP contribution in [0.25, 0.3) is 0 Å². The van der Waals surface area contributed by atoms with Crippen LogP contribution in [0.1, 0.15) is 13.3 Å². The standard InChI is InChI=1S/C15H19FN2O4S/c1-11-10-18(15(19)22-11)12-3-4-14(13(16)9-12)17-5-2-7-23(20,21)8-6-17/h3-4,9,11H,2,5-8,10H2,1H3/t11-/m0/s1. The van der Waals surface area contributed by atoms with E-state index in [0.29, 0.717) is 30.9 Å². The molecule has 6 nitrogen and oxygen atoms in total. The van der Waals surface area contributed by atoms with Crippen LogP contribution in [0.2, 0.25) is 0 Å². The third-order valence-corrected chi connectivity index (χ3v) is 5.82. The van der Waals surface area contributed by atoms with Gasteiger partial charge >= 0.3 is 6.09 Å². The molecule has 2 aliphatic heterocycles. The van der Waals surface area contributed by atoms with Gasteiger partial charge in [0, 0.05) is 13.1 Å². The Labute approximate surface area is 134 Å². The van der Waals surface area contributed by atoms with Gasteiger partial charge < -0.3 is 9.64 Å². The molecule has 0 saturated carbocycles. The lowest BCUT2D eigenvalue weighted by Gasteiger charge is -2.23. The second-order valence-corrected chi connectivity index (χ2v) is 8.24. The Morgan fingerprint density at radius 1 is 1.26 bits per heavy atom. The van der Waals surface area contributed by atoms with Crippen LogP contribution in [0.3, 0.4) is 0 Å². The molecule has 2 fully saturated rings. The van der Waals surface area contributed by atoms with Crippen LogP contribution in [0.5, 0.6) is 0 Å². The fourth-order valence-corrected chi connectivity index (χ4v) is 4.19. The zero-order chi connectivity index (χ0) is 16.6. The lowest BCUT2D eigenvalue weighted by atomic mass is 10.2. The minimum Gasteiger partial charge on any atom is -0.444 e. The molecule has 1 aromatic carbocycles. The molecule has 0 N–H and O–H groups in total. The average molecular weight is 342 g/mol. The van der Waals surface area contributed by atoms with Crippen molar-refractivity contribution in [3.05, 3.63) is 24.0 Å². The Kier molecular flexibility index (Phi) is 4.18. The van der Waals surface area contributed by atoms with Gasteiger partial charge in [0.1, 0.15) is 11.9 Å². The number of rotatable bonds is 2. The summed E-state index contributed by atoms with van der Waals surface area (Å²) in [7, 11) is -3.04. The van der Waals surface area contributed by atoms with Crippen LogP contribution in [-0.2, 0) is 14.6 Å². The quantitative estimate of drug-likeness (QED) is 0.820. The first-order valence-corrected chi connectivity index (χ1v) is 9.41. The van der Waals surface area contributed by atoms with Crippen molar-refractivity contribution in [2.24, 2.45) is 0 Å². The topological polar surface area (TPSA) is 66.9 Å². The molecule has 0 radical (unpaired) electrons. The molecule has 23 heavy (non-hydrogen) atoms. The van der Waals surface area contributed by atoms with Gasteiger partial charge in [-0.25, -0.2) is 17.6 Å². The minimum atomic E-state index is -3.04. The number of nitrogens with zero attached hydrogens (tertiary/aromatic N) is 2. The molecule has 0 unspecified atom stereocenters. The molecule has 0 spiro atoms. The molecule has 0 aromatic heterocycles. The van der Waals surface area contributed by atoms with E-state index in [4.69, 9.17) is 4.74 Å². The van der Waals surface area contributed by atoms with Gasteiger partial charge in [-0.2, -0.15) is 0 Å². The van der Waals surface area contributed by atoms with E-state index in [-0.39, 0.29) is 24.2 Å². The predicted molar refractivity (Wildman–Crippen MR) is 85.2 cm³/mol. The fourth-order valence-electron chi connectivity index (χ4n) is 2.91. The summed E-state index contributed by atoms with van der Waals surface area (Å²) in [6.07, 6.45) is -0.217. The smallest absolute Gasteiger partial charge is 0.414 e. The summed E-state index contributed by atoms with van der Waals surface area (Å²) in [5.74, 6) is -0.292. The fraction of sp³-hybridized carbons (Fsp3) is 0.533. The maximum atomic E-state index is 14.5. The molecule has 1 amide bonds. The molecule has 0 aliphatic carbocycles. The van der Waals surface area contributed by atoms with Crippen LogP contribution in [0, 0.1) is 5.82 Å². The first-order valence-electron chi connectivity index (χ1n) is 7.59. The number of ether oxygens (including phenoxy) is 1. The van der Waals surface area contributed by atoms with Crippen molar-refractivity contribution in [2.75, 3.05) is 40.9 Å². The van der Waals surface area contributed by atoms with E-state index < -0.39 is 21.7 Å². The summed E-state index contributed by atoms with van der Waals surface area (Å²) in [6, 6.07) is 4.56. The SMILES string of the molecule is C[C@H]1CN(c2ccc(N3CCCS(=O)(=O)CC3)c(F)c2)C(=O)O1. The molecule has 0 bridgehead atoms. The molecule has 1 atom stereocenters. The van der Waals surface area contributed by atoms with E-state index in [1.165, 1.54) is 11.0 Å². The Morgan fingerprint density at radius 3 is 2.70 bits per heavy atom. The molecule has 8 heteroatoms. The normalized spacial score (nSPS) is 24.4. The van der Waals surface area contributed by atoms with Gasteiger partial charge in [0.15, 0.2) is 9.84 Å². The lowest BCUT2D eigenvalue weighted by molar-refractivity contribution is 0.150. The van der Waals surface area contributed by atoms with Gasteiger partial charge in [-0.1, -0.05) is 0 Å². The van der Waals surface area contributed by atoms with Gasteiger partial charge in [0.2, 0.25) is 0 Å². The maximum absolute atomic E-state index is 14.5. The molecule has 126 valence electrons. The molecule has 2 saturated heterocycles. The van der Waals surface area contributed by atoms with Crippen LogP contribution in [-0.4, -0.2) is 51.8 Å². The van der Waals surface area contributed by atoms with Crippen molar-refractivity contribution in [3.8, 4) is 0 Å². The summed E-state index contributed by atoms with van der Waals surface area (Å²) in [4.78, 5) is 14.8. The van der Waals surface area contributed by atoms with Gasteiger partial charge in [0.25, 0.3) is 0 Å². The summed E-state index contributed by atoms with van der Waals surface area (Å²) in [6.45, 7) is 2.94. The third kappa shape index (κ3) is 3.41. The Morgan fingerprint density at radius 2 is 2.04 bits per heavy atom. The monoisotopic (exact) mass is 342 g/mol. The van der Waals surface area contributed by atoms with Crippen LogP contribution >= 0.6 is 0 Å². The van der Waals surface area contributed by atoms with Crippen LogP contribution in [0.15, 0.2) is 18.2 Å². The van der Waals surface area contributed by atoms with E-state index >= 15 is 0 Å². The van der Waals surface area contributed by atoms with E-state index in [0.717, 1.165) is 0 Å². The Bertz CT molecular complexity index is 722. The molecule has 2 heterocycles. The first kappa shape index (κ1) is 16.0. The number of halogens is 1. The average Bonchev–Trinajstić information content (AvgIpc) is 2.70. The third-order valence-electron chi connectivity index (χ3n) is 4.10. The summed E-state index contributed by atoms with van der Waals surface area (Å²) < 4.78 is 42.8. The highest BCUT2D eigenvalue weighted by Crippen LogP contribution is 2.28. The lowest BCUT2D eigenvalue weighted by Crippen LogP contribution is -2.28. The summed E-state index contributed by atoms with van der Waals surface area (Å²) >= 11 is 0. The van der Waals surface area contributed by atoms with E-state index in [1.54, 1.807) is 24.0 Å². The highest BCUT2D eigenvalue weighted by atomic mass is 32.2. The molecular weight excluding hydrogens is 323 g/mol. The maximum Gasteiger partial charge on any atom is 0.414 e. The van der Waals surface area contributed by atoms with Crippen LogP contribution in [0.4, 0.5) is 20.6 Å². The number of amides is 1. The number of cyclic esters (lactones) is 1. The second-order valence-electron chi connectivity index (χ2n) is 5.93. The number of hydrogen-bond donors (Lipinski definition) is 0. The predicted octanol–water partition coefficient (Wildman–Crippen LogP) is 1.80. The molecule has 3 rings (SSSR count). The van der Waals surface area contributed by atoms with E-state index in [9.17, 15) is 17.6 Å². The van der Waals surface area contributed by atoms with Crippen molar-refractivity contribution >= 4 is 27.3 Å². The van der Waals surface area contributed by atoms with Gasteiger partial charge in [0.05, 0.1) is 29.4 Å². The van der Waals surface area contributed by atoms with E-state index in [1.807, 2.05) is 0 Å². The highest BCUT2D eigenvalue weighted by Gasteiger charge is 2.30. The molecular formula is C15H19FN2O4S. The van der Waals surface area contributed by atoms with Gasteiger partial charge in [-0.05, 0) is 31.5 Å². The molecule has 2 aliphatic rings.